The van der Waals surface area contributed by atoms with Gasteiger partial charge in [-0.25, -0.2) is 0 Å². The summed E-state index contributed by atoms with van der Waals surface area (Å²) in [5.74, 6) is 0.694. The van der Waals surface area contributed by atoms with Crippen LogP contribution in [-0.2, 0) is 6.61 Å². The second-order valence-corrected chi connectivity index (χ2v) is 4.59. The molecule has 0 aliphatic heterocycles. The van der Waals surface area contributed by atoms with Crippen LogP contribution in [-0.4, -0.2) is 0 Å². The minimum atomic E-state index is 0.405. The number of nitriles is 1. The van der Waals surface area contributed by atoms with Gasteiger partial charge in [-0.3, -0.25) is 0 Å². The van der Waals surface area contributed by atoms with Crippen molar-refractivity contribution in [1.82, 2.24) is 0 Å². The topological polar surface area (TPSA) is 59.0 Å². The molecule has 0 aliphatic rings. The first-order valence-corrected chi connectivity index (χ1v) is 6.08. The van der Waals surface area contributed by atoms with Gasteiger partial charge in [-0.1, -0.05) is 18.2 Å². The molecule has 0 amide bonds. The Bertz CT molecular complexity index is 642. The Balaban J connectivity index is 2.17. The second kappa shape index (κ2) is 5.45. The first-order chi connectivity index (χ1) is 9.10. The minimum Gasteiger partial charge on any atom is -0.487 e. The molecule has 2 rings (SSSR count). The Morgan fingerprint density at radius 1 is 1.21 bits per heavy atom. The number of ether oxygens (including phenoxy) is 1. The van der Waals surface area contributed by atoms with Gasteiger partial charge in [0.2, 0.25) is 0 Å². The van der Waals surface area contributed by atoms with Crippen LogP contribution in [0.25, 0.3) is 0 Å². The monoisotopic (exact) mass is 252 g/mol. The Labute approximate surface area is 113 Å². The fourth-order valence-corrected chi connectivity index (χ4v) is 1.95. The van der Waals surface area contributed by atoms with Crippen molar-refractivity contribution in [2.75, 3.05) is 5.73 Å². The van der Waals surface area contributed by atoms with Crippen LogP contribution in [0, 0.1) is 25.2 Å². The Hall–Kier alpha value is -2.47. The van der Waals surface area contributed by atoms with Crippen LogP contribution in [0.3, 0.4) is 0 Å². The van der Waals surface area contributed by atoms with E-state index in [0.717, 1.165) is 16.7 Å². The smallest absolute Gasteiger partial charge is 0.143 e. The van der Waals surface area contributed by atoms with Crippen molar-refractivity contribution in [3.8, 4) is 11.8 Å². The number of nitrogen functional groups attached to an aromatic ring is 1. The van der Waals surface area contributed by atoms with E-state index in [1.165, 1.54) is 0 Å². The SMILES string of the molecule is Cc1cc(C)c(N)c(OCc2cccc(C#N)c2)c1. The zero-order valence-electron chi connectivity index (χ0n) is 11.1. The molecule has 2 N–H and O–H groups in total. The van der Waals surface area contributed by atoms with Gasteiger partial charge < -0.3 is 10.5 Å². The van der Waals surface area contributed by atoms with E-state index in [-0.39, 0.29) is 0 Å². The number of rotatable bonds is 3. The summed E-state index contributed by atoms with van der Waals surface area (Å²) in [5.41, 5.74) is 10.4. The highest BCUT2D eigenvalue weighted by molar-refractivity contribution is 5.59. The average molecular weight is 252 g/mol. The molecule has 2 aromatic carbocycles. The maximum Gasteiger partial charge on any atom is 0.143 e. The van der Waals surface area contributed by atoms with E-state index >= 15 is 0 Å². The quantitative estimate of drug-likeness (QED) is 0.852. The summed E-state index contributed by atoms with van der Waals surface area (Å²) in [7, 11) is 0. The molecule has 3 heteroatoms. The molecule has 0 aromatic heterocycles. The first kappa shape index (κ1) is 13.0. The van der Waals surface area contributed by atoms with E-state index in [4.69, 9.17) is 15.7 Å². The molecule has 0 saturated carbocycles. The van der Waals surface area contributed by atoms with E-state index in [2.05, 4.69) is 6.07 Å². The zero-order chi connectivity index (χ0) is 13.8. The zero-order valence-corrected chi connectivity index (χ0v) is 11.1. The molecular formula is C16H16N2O. The molecule has 0 unspecified atom stereocenters. The molecule has 0 radical (unpaired) electrons. The standard InChI is InChI=1S/C16H16N2O/c1-11-6-12(2)16(18)15(7-11)19-10-14-5-3-4-13(8-14)9-17/h3-8H,10,18H2,1-2H3. The van der Waals surface area contributed by atoms with Gasteiger partial charge in [-0.15, -0.1) is 0 Å². The maximum absolute atomic E-state index is 8.85. The van der Waals surface area contributed by atoms with Crippen molar-refractivity contribution in [3.63, 3.8) is 0 Å². The Morgan fingerprint density at radius 2 is 2.00 bits per heavy atom. The molecular weight excluding hydrogens is 236 g/mol. The van der Waals surface area contributed by atoms with Crippen molar-refractivity contribution in [2.24, 2.45) is 0 Å². The number of hydrogen-bond acceptors (Lipinski definition) is 3. The summed E-state index contributed by atoms with van der Waals surface area (Å²) in [6, 6.07) is 13.4. The molecule has 96 valence electrons. The third-order valence-electron chi connectivity index (χ3n) is 2.94. The van der Waals surface area contributed by atoms with Crippen LogP contribution in [0.2, 0.25) is 0 Å². The van der Waals surface area contributed by atoms with Gasteiger partial charge in [0.25, 0.3) is 0 Å². The highest BCUT2D eigenvalue weighted by Crippen LogP contribution is 2.27. The predicted octanol–water partition coefficient (Wildman–Crippen LogP) is 3.34. The Kier molecular flexibility index (Phi) is 3.72. The molecule has 0 heterocycles. The fraction of sp³-hybridized carbons (Fsp3) is 0.188. The van der Waals surface area contributed by atoms with E-state index in [1.807, 2.05) is 44.2 Å². The van der Waals surface area contributed by atoms with Crippen LogP contribution in [0.1, 0.15) is 22.3 Å². The highest BCUT2D eigenvalue weighted by atomic mass is 16.5. The molecule has 0 spiro atoms. The third kappa shape index (κ3) is 3.05. The summed E-state index contributed by atoms with van der Waals surface area (Å²) in [5, 5.41) is 8.85. The number of benzene rings is 2. The summed E-state index contributed by atoms with van der Waals surface area (Å²) in [6.07, 6.45) is 0. The van der Waals surface area contributed by atoms with E-state index in [0.29, 0.717) is 23.6 Å². The molecule has 0 atom stereocenters. The number of nitrogens with zero attached hydrogens (tertiary/aromatic N) is 1. The molecule has 0 saturated heterocycles. The lowest BCUT2D eigenvalue weighted by molar-refractivity contribution is 0.307. The number of anilines is 1. The van der Waals surface area contributed by atoms with Gasteiger partial charge in [0.1, 0.15) is 12.4 Å². The lowest BCUT2D eigenvalue weighted by Crippen LogP contribution is -2.01. The van der Waals surface area contributed by atoms with Crippen LogP contribution in [0.15, 0.2) is 36.4 Å². The van der Waals surface area contributed by atoms with Crippen molar-refractivity contribution in [2.45, 2.75) is 20.5 Å². The van der Waals surface area contributed by atoms with Gasteiger partial charge in [0, 0.05) is 0 Å². The lowest BCUT2D eigenvalue weighted by atomic mass is 10.1. The second-order valence-electron chi connectivity index (χ2n) is 4.59. The van der Waals surface area contributed by atoms with E-state index in [1.54, 1.807) is 6.07 Å². The van der Waals surface area contributed by atoms with Crippen LogP contribution >= 0.6 is 0 Å². The van der Waals surface area contributed by atoms with Crippen molar-refractivity contribution < 1.29 is 4.74 Å². The van der Waals surface area contributed by atoms with Crippen molar-refractivity contribution in [3.05, 3.63) is 58.7 Å². The molecule has 0 aliphatic carbocycles. The molecule has 2 aromatic rings. The summed E-state index contributed by atoms with van der Waals surface area (Å²) in [6.45, 7) is 4.38. The van der Waals surface area contributed by atoms with E-state index < -0.39 is 0 Å². The molecule has 3 nitrogen and oxygen atoms in total. The number of hydrogen-bond donors (Lipinski definition) is 1. The molecule has 0 bridgehead atoms. The number of nitrogens with two attached hydrogens (primary N) is 1. The third-order valence-corrected chi connectivity index (χ3v) is 2.94. The normalized spacial score (nSPS) is 9.95. The van der Waals surface area contributed by atoms with Gasteiger partial charge >= 0.3 is 0 Å². The maximum atomic E-state index is 8.85. The molecule has 19 heavy (non-hydrogen) atoms. The van der Waals surface area contributed by atoms with Crippen molar-refractivity contribution >= 4 is 5.69 Å². The average Bonchev–Trinajstić information content (AvgIpc) is 2.41. The molecule has 0 fully saturated rings. The van der Waals surface area contributed by atoms with Gasteiger partial charge in [-0.05, 0) is 48.7 Å². The highest BCUT2D eigenvalue weighted by Gasteiger charge is 2.05. The van der Waals surface area contributed by atoms with Gasteiger partial charge in [-0.2, -0.15) is 5.26 Å². The summed E-state index contributed by atoms with van der Waals surface area (Å²) < 4.78 is 5.75. The number of aryl methyl sites for hydroxylation is 2. The van der Waals surface area contributed by atoms with Gasteiger partial charge in [0.05, 0.1) is 17.3 Å². The van der Waals surface area contributed by atoms with Crippen LogP contribution in [0.5, 0.6) is 5.75 Å². The largest absolute Gasteiger partial charge is 0.487 e. The van der Waals surface area contributed by atoms with Crippen molar-refractivity contribution in [1.29, 1.82) is 5.26 Å². The van der Waals surface area contributed by atoms with E-state index in [9.17, 15) is 0 Å². The predicted molar refractivity (Wildman–Crippen MR) is 75.8 cm³/mol. The summed E-state index contributed by atoms with van der Waals surface area (Å²) in [4.78, 5) is 0. The van der Waals surface area contributed by atoms with Crippen LogP contribution in [0.4, 0.5) is 5.69 Å². The Morgan fingerprint density at radius 3 is 2.74 bits per heavy atom. The summed E-state index contributed by atoms with van der Waals surface area (Å²) >= 11 is 0. The van der Waals surface area contributed by atoms with Crippen LogP contribution < -0.4 is 10.5 Å². The first-order valence-electron chi connectivity index (χ1n) is 6.08. The minimum absolute atomic E-state index is 0.405. The lowest BCUT2D eigenvalue weighted by Gasteiger charge is -2.12. The fourth-order valence-electron chi connectivity index (χ4n) is 1.95. The van der Waals surface area contributed by atoms with Gasteiger partial charge in [0.15, 0.2) is 0 Å².